The van der Waals surface area contributed by atoms with Crippen LogP contribution >= 0.6 is 0 Å². The molecule has 0 aliphatic heterocycles. The summed E-state index contributed by atoms with van der Waals surface area (Å²) in [6, 6.07) is 21.1. The van der Waals surface area contributed by atoms with Crippen molar-refractivity contribution in [3.05, 3.63) is 72.4 Å². The summed E-state index contributed by atoms with van der Waals surface area (Å²) in [5.41, 5.74) is 4.70. The van der Waals surface area contributed by atoms with E-state index in [2.05, 4.69) is 26.8 Å². The van der Waals surface area contributed by atoms with E-state index in [1.807, 2.05) is 60.8 Å². The molecule has 7 nitrogen and oxygen atoms in total. The Balaban J connectivity index is 1.33. The fourth-order valence-electron chi connectivity index (χ4n) is 3.46. The lowest BCUT2D eigenvalue weighted by atomic mass is 10.1. The first-order valence-corrected chi connectivity index (χ1v) is 10.2. The van der Waals surface area contributed by atoms with E-state index in [4.69, 9.17) is 0 Å². The number of aromatic nitrogens is 3. The highest BCUT2D eigenvalue weighted by molar-refractivity contribution is 5.91. The molecule has 7 heteroatoms. The first-order valence-electron chi connectivity index (χ1n) is 10.2. The summed E-state index contributed by atoms with van der Waals surface area (Å²) in [6.07, 6.45) is 4.85. The van der Waals surface area contributed by atoms with Gasteiger partial charge in [0.2, 0.25) is 11.9 Å². The van der Waals surface area contributed by atoms with Crippen LogP contribution in [0.5, 0.6) is 0 Å². The summed E-state index contributed by atoms with van der Waals surface area (Å²) >= 11 is 0. The van der Waals surface area contributed by atoms with Gasteiger partial charge in [-0.3, -0.25) is 4.79 Å². The van der Waals surface area contributed by atoms with E-state index in [0.717, 1.165) is 16.8 Å². The van der Waals surface area contributed by atoms with Crippen LogP contribution in [0.2, 0.25) is 0 Å². The quantitative estimate of drug-likeness (QED) is 0.480. The second-order valence-corrected chi connectivity index (χ2v) is 7.71. The van der Waals surface area contributed by atoms with Gasteiger partial charge in [0.05, 0.1) is 11.3 Å². The van der Waals surface area contributed by atoms with Crippen molar-refractivity contribution >= 4 is 28.9 Å². The number of hydrogen-bond acceptors (Lipinski definition) is 5. The average molecular weight is 408 g/mol. The number of nitrogens with one attached hydrogen (secondary N) is 2. The summed E-state index contributed by atoms with van der Waals surface area (Å²) in [5, 5.41) is 19.8. The van der Waals surface area contributed by atoms with Crippen molar-refractivity contribution in [3.63, 3.8) is 0 Å². The minimum atomic E-state index is 0.0808. The van der Waals surface area contributed by atoms with Crippen molar-refractivity contribution in [2.75, 3.05) is 10.6 Å². The fourth-order valence-corrected chi connectivity index (χ4v) is 3.46. The molecule has 4 aromatic rings. The van der Waals surface area contributed by atoms with Gasteiger partial charge in [-0.1, -0.05) is 24.3 Å². The van der Waals surface area contributed by atoms with Gasteiger partial charge in [0, 0.05) is 23.9 Å². The van der Waals surface area contributed by atoms with Gasteiger partial charge in [0.1, 0.15) is 6.07 Å². The highest BCUT2D eigenvalue weighted by Crippen LogP contribution is 2.32. The number of carbonyl (C=O) groups excluding carboxylic acids is 1. The number of para-hydroxylation sites is 1. The van der Waals surface area contributed by atoms with Gasteiger partial charge >= 0.3 is 0 Å². The van der Waals surface area contributed by atoms with Crippen LogP contribution in [0.15, 0.2) is 66.9 Å². The largest absolute Gasteiger partial charge is 0.326 e. The summed E-state index contributed by atoms with van der Waals surface area (Å²) in [7, 11) is 0. The van der Waals surface area contributed by atoms with Gasteiger partial charge in [-0.2, -0.15) is 10.2 Å². The average Bonchev–Trinajstić information content (AvgIpc) is 3.50. The monoisotopic (exact) mass is 408 g/mol. The molecule has 0 radical (unpaired) electrons. The normalized spacial score (nSPS) is 13.0. The number of benzene rings is 2. The van der Waals surface area contributed by atoms with Crippen LogP contribution in [-0.4, -0.2) is 20.5 Å². The number of rotatable bonds is 6. The van der Waals surface area contributed by atoms with Gasteiger partial charge in [-0.15, -0.1) is 5.10 Å². The van der Waals surface area contributed by atoms with E-state index < -0.39 is 0 Å². The summed E-state index contributed by atoms with van der Waals surface area (Å²) in [4.78, 5) is 16.5. The number of nitriles is 1. The molecule has 1 aliphatic carbocycles. The van der Waals surface area contributed by atoms with Crippen molar-refractivity contribution in [3.8, 4) is 17.2 Å². The maximum atomic E-state index is 12.0. The molecule has 2 aromatic heterocycles. The van der Waals surface area contributed by atoms with E-state index in [1.165, 1.54) is 12.8 Å². The lowest BCUT2D eigenvalue weighted by Crippen LogP contribution is -2.11. The Morgan fingerprint density at radius 1 is 1.06 bits per heavy atom. The minimum Gasteiger partial charge on any atom is -0.326 e. The van der Waals surface area contributed by atoms with Crippen LogP contribution < -0.4 is 10.6 Å². The molecule has 0 unspecified atom stereocenters. The Hall–Kier alpha value is -4.18. The molecule has 1 amide bonds. The molecular formula is C24H20N6O. The Labute approximate surface area is 179 Å². The summed E-state index contributed by atoms with van der Waals surface area (Å²) in [5.74, 6) is 1.08. The Morgan fingerprint density at radius 2 is 1.84 bits per heavy atom. The van der Waals surface area contributed by atoms with Crippen LogP contribution in [0, 0.1) is 17.2 Å². The van der Waals surface area contributed by atoms with Crippen molar-refractivity contribution in [1.29, 1.82) is 5.26 Å². The number of hydrogen-bond donors (Lipinski definition) is 2. The molecule has 31 heavy (non-hydrogen) atoms. The van der Waals surface area contributed by atoms with Crippen LogP contribution in [0.25, 0.3) is 16.8 Å². The van der Waals surface area contributed by atoms with E-state index in [-0.39, 0.29) is 5.91 Å². The van der Waals surface area contributed by atoms with Crippen LogP contribution in [0.3, 0.4) is 0 Å². The number of pyridine rings is 1. The summed E-state index contributed by atoms with van der Waals surface area (Å²) in [6.45, 7) is 0. The molecule has 152 valence electrons. The molecule has 1 fully saturated rings. The van der Waals surface area contributed by atoms with Crippen LogP contribution in [0.1, 0.15) is 24.8 Å². The Morgan fingerprint density at radius 3 is 2.61 bits per heavy atom. The number of nitrogens with zero attached hydrogens (tertiary/aromatic N) is 4. The minimum absolute atomic E-state index is 0.0808. The van der Waals surface area contributed by atoms with E-state index in [1.54, 1.807) is 10.6 Å². The lowest BCUT2D eigenvalue weighted by Gasteiger charge is -2.07. The van der Waals surface area contributed by atoms with Gasteiger partial charge in [0.25, 0.3) is 0 Å². The molecule has 2 aromatic carbocycles. The van der Waals surface area contributed by atoms with Gasteiger partial charge < -0.3 is 10.6 Å². The van der Waals surface area contributed by atoms with Crippen molar-refractivity contribution < 1.29 is 4.79 Å². The van der Waals surface area contributed by atoms with Gasteiger partial charge in [-0.25, -0.2) is 4.52 Å². The number of carbonyl (C=O) groups is 1. The molecule has 2 heterocycles. The molecule has 0 saturated heterocycles. The molecule has 0 atom stereocenters. The highest BCUT2D eigenvalue weighted by atomic mass is 16.1. The third-order valence-electron chi connectivity index (χ3n) is 5.30. The molecule has 1 aliphatic rings. The highest BCUT2D eigenvalue weighted by Gasteiger charge is 2.24. The molecule has 2 N–H and O–H groups in total. The van der Waals surface area contributed by atoms with Crippen molar-refractivity contribution in [1.82, 2.24) is 14.6 Å². The zero-order valence-electron chi connectivity index (χ0n) is 16.7. The maximum absolute atomic E-state index is 12.0. The number of fused-ring (bicyclic) bond motifs is 1. The number of amides is 1. The lowest BCUT2D eigenvalue weighted by molar-refractivity contribution is -0.116. The van der Waals surface area contributed by atoms with Crippen molar-refractivity contribution in [2.24, 2.45) is 5.92 Å². The third-order valence-corrected chi connectivity index (χ3v) is 5.30. The second kappa shape index (κ2) is 7.92. The van der Waals surface area contributed by atoms with Crippen molar-refractivity contribution in [2.45, 2.75) is 19.3 Å². The van der Waals surface area contributed by atoms with E-state index in [9.17, 15) is 10.1 Å². The first kappa shape index (κ1) is 18.8. The smallest absolute Gasteiger partial charge is 0.247 e. The Bertz CT molecular complexity index is 1300. The zero-order valence-corrected chi connectivity index (χ0v) is 16.7. The third kappa shape index (κ3) is 4.23. The molecular weight excluding hydrogens is 388 g/mol. The van der Waals surface area contributed by atoms with Gasteiger partial charge in [-0.05, 0) is 60.7 Å². The maximum Gasteiger partial charge on any atom is 0.247 e. The predicted octanol–water partition coefficient (Wildman–Crippen LogP) is 4.75. The topological polar surface area (TPSA) is 95.1 Å². The second-order valence-electron chi connectivity index (χ2n) is 7.71. The zero-order chi connectivity index (χ0) is 21.2. The van der Waals surface area contributed by atoms with Crippen LogP contribution in [-0.2, 0) is 4.79 Å². The van der Waals surface area contributed by atoms with Gasteiger partial charge in [0.15, 0.2) is 5.65 Å². The SMILES string of the molecule is N#Cc1ccccc1Nc1nc2ccc(-c3ccc(NC(=O)CC4CC4)cc3)cn2n1. The number of anilines is 3. The molecule has 1 saturated carbocycles. The molecule has 0 bridgehead atoms. The first-order chi connectivity index (χ1) is 15.2. The van der Waals surface area contributed by atoms with Crippen LogP contribution in [0.4, 0.5) is 17.3 Å². The predicted molar refractivity (Wildman–Crippen MR) is 119 cm³/mol. The standard InChI is InChI=1S/C24H20N6O/c25-14-18-3-1-2-4-21(18)27-24-28-22-12-9-19(15-30(22)29-24)17-7-10-20(11-8-17)26-23(31)13-16-5-6-16/h1-4,7-12,15-16H,5-6,13H2,(H,26,31)(H,27,29). The Kier molecular flexibility index (Phi) is 4.81. The van der Waals surface area contributed by atoms with E-state index in [0.29, 0.717) is 35.2 Å². The fraction of sp³-hybridized carbons (Fsp3) is 0.167. The van der Waals surface area contributed by atoms with E-state index >= 15 is 0 Å². The summed E-state index contributed by atoms with van der Waals surface area (Å²) < 4.78 is 1.71. The molecule has 0 spiro atoms. The molecule has 5 rings (SSSR count).